The number of amides is 2. The monoisotopic (exact) mass is 320 g/mol. The van der Waals surface area contributed by atoms with Crippen LogP contribution in [0.1, 0.15) is 52.7 Å². The summed E-state index contributed by atoms with van der Waals surface area (Å²) in [7, 11) is 0. The Morgan fingerprint density at radius 3 is 3.09 bits per heavy atom. The van der Waals surface area contributed by atoms with Gasteiger partial charge in [-0.2, -0.15) is 0 Å². The second-order valence-electron chi connectivity index (χ2n) is 6.50. The Morgan fingerprint density at radius 1 is 1.45 bits per heavy atom. The molecular weight excluding hydrogens is 296 g/mol. The molecule has 2 aliphatic rings. The summed E-state index contributed by atoms with van der Waals surface area (Å²) < 4.78 is 0. The fourth-order valence-electron chi connectivity index (χ4n) is 3.32. The van der Waals surface area contributed by atoms with Gasteiger partial charge < -0.3 is 10.2 Å². The highest BCUT2D eigenvalue weighted by Gasteiger charge is 2.21. The average Bonchev–Trinajstić information content (AvgIpc) is 3.09. The first kappa shape index (κ1) is 15.5. The molecule has 22 heavy (non-hydrogen) atoms. The molecule has 1 aromatic rings. The Kier molecular flexibility index (Phi) is 4.81. The summed E-state index contributed by atoms with van der Waals surface area (Å²) in [4.78, 5) is 27.9. The van der Waals surface area contributed by atoms with Gasteiger partial charge in [-0.15, -0.1) is 11.3 Å². The maximum absolute atomic E-state index is 12.2. The smallest absolute Gasteiger partial charge is 0.261 e. The van der Waals surface area contributed by atoms with E-state index in [1.54, 1.807) is 11.3 Å². The lowest BCUT2D eigenvalue weighted by Gasteiger charge is -2.16. The predicted molar refractivity (Wildman–Crippen MR) is 88.3 cm³/mol. The fraction of sp³-hybridized carbons (Fsp3) is 0.647. The lowest BCUT2D eigenvalue weighted by molar-refractivity contribution is -0.127. The summed E-state index contributed by atoms with van der Waals surface area (Å²) in [5.41, 5.74) is 1.37. The molecule has 1 unspecified atom stereocenters. The van der Waals surface area contributed by atoms with Crippen LogP contribution in [0.25, 0.3) is 0 Å². The van der Waals surface area contributed by atoms with Crippen LogP contribution >= 0.6 is 11.3 Å². The van der Waals surface area contributed by atoms with Crippen LogP contribution in [-0.2, 0) is 17.6 Å². The number of carbonyl (C=O) groups excluding carboxylic acids is 2. The van der Waals surface area contributed by atoms with Crippen molar-refractivity contribution in [3.8, 4) is 0 Å². The van der Waals surface area contributed by atoms with Crippen molar-refractivity contribution < 1.29 is 9.59 Å². The Hall–Kier alpha value is -1.36. The summed E-state index contributed by atoms with van der Waals surface area (Å²) >= 11 is 1.65. The van der Waals surface area contributed by atoms with Gasteiger partial charge in [-0.1, -0.05) is 6.92 Å². The first-order valence-corrected chi connectivity index (χ1v) is 9.12. The van der Waals surface area contributed by atoms with Crippen LogP contribution in [0.2, 0.25) is 0 Å². The normalized spacial score (nSPS) is 21.0. The topological polar surface area (TPSA) is 49.4 Å². The molecule has 0 aromatic carbocycles. The number of nitrogens with one attached hydrogen (secondary N) is 1. The maximum Gasteiger partial charge on any atom is 0.261 e. The number of likely N-dealkylation sites (tertiary alicyclic amines) is 1. The molecule has 1 aliphatic carbocycles. The number of hydrogen-bond acceptors (Lipinski definition) is 3. The summed E-state index contributed by atoms with van der Waals surface area (Å²) in [6.45, 7) is 4.56. The van der Waals surface area contributed by atoms with E-state index in [4.69, 9.17) is 0 Å². The van der Waals surface area contributed by atoms with Crippen LogP contribution in [0, 0.1) is 5.92 Å². The van der Waals surface area contributed by atoms with Crippen molar-refractivity contribution in [2.45, 2.75) is 45.4 Å². The van der Waals surface area contributed by atoms with Crippen molar-refractivity contribution >= 4 is 23.2 Å². The lowest BCUT2D eigenvalue weighted by Crippen LogP contribution is -2.30. The van der Waals surface area contributed by atoms with Gasteiger partial charge in [0.15, 0.2) is 0 Å². The maximum atomic E-state index is 12.2. The minimum absolute atomic E-state index is 0.0415. The van der Waals surface area contributed by atoms with Gasteiger partial charge in [-0.3, -0.25) is 9.59 Å². The van der Waals surface area contributed by atoms with E-state index in [9.17, 15) is 9.59 Å². The van der Waals surface area contributed by atoms with Gasteiger partial charge in [0.05, 0.1) is 4.88 Å². The second-order valence-corrected chi connectivity index (χ2v) is 7.64. The van der Waals surface area contributed by atoms with E-state index in [0.717, 1.165) is 49.6 Å². The third-order valence-electron chi connectivity index (χ3n) is 4.61. The number of rotatable bonds is 5. The third-order valence-corrected chi connectivity index (χ3v) is 5.85. The van der Waals surface area contributed by atoms with Crippen LogP contribution < -0.4 is 5.32 Å². The van der Waals surface area contributed by atoms with E-state index in [2.05, 4.69) is 18.3 Å². The number of thiophene rings is 1. The predicted octanol–water partition coefficient (Wildman–Crippen LogP) is 2.62. The Bertz CT molecular complexity index is 567. The average molecular weight is 320 g/mol. The van der Waals surface area contributed by atoms with Crippen molar-refractivity contribution in [3.63, 3.8) is 0 Å². The molecule has 1 aliphatic heterocycles. The third kappa shape index (κ3) is 3.51. The van der Waals surface area contributed by atoms with Crippen molar-refractivity contribution in [2.24, 2.45) is 5.92 Å². The standard InChI is InChI=1S/C17H24N2O2S/c1-12-5-6-14-13(10-12)11-15(22-14)17(21)18-7-3-9-19-8-2-4-16(19)20/h11-12H,2-10H2,1H3,(H,18,21). The van der Waals surface area contributed by atoms with E-state index in [0.29, 0.717) is 13.0 Å². The van der Waals surface area contributed by atoms with Crippen molar-refractivity contribution in [3.05, 3.63) is 21.4 Å². The fourth-order valence-corrected chi connectivity index (χ4v) is 4.44. The summed E-state index contributed by atoms with van der Waals surface area (Å²) in [6, 6.07) is 2.08. The molecule has 1 N–H and O–H groups in total. The molecule has 1 saturated heterocycles. The van der Waals surface area contributed by atoms with Crippen molar-refractivity contribution in [1.82, 2.24) is 10.2 Å². The van der Waals surface area contributed by atoms with Crippen LogP contribution in [-0.4, -0.2) is 36.3 Å². The van der Waals surface area contributed by atoms with E-state index in [-0.39, 0.29) is 11.8 Å². The highest BCUT2D eigenvalue weighted by molar-refractivity contribution is 7.14. The van der Waals surface area contributed by atoms with Gasteiger partial charge >= 0.3 is 0 Å². The summed E-state index contributed by atoms with van der Waals surface area (Å²) in [5, 5.41) is 2.99. The minimum Gasteiger partial charge on any atom is -0.351 e. The van der Waals surface area contributed by atoms with Gasteiger partial charge in [0, 0.05) is 30.9 Å². The highest BCUT2D eigenvalue weighted by atomic mass is 32.1. The molecule has 3 rings (SSSR count). The minimum atomic E-state index is 0.0415. The van der Waals surface area contributed by atoms with Gasteiger partial charge in [0.1, 0.15) is 0 Å². The molecule has 1 fully saturated rings. The van der Waals surface area contributed by atoms with E-state index in [1.807, 2.05) is 4.90 Å². The van der Waals surface area contributed by atoms with Crippen LogP contribution in [0.15, 0.2) is 6.07 Å². The number of fused-ring (bicyclic) bond motifs is 1. The van der Waals surface area contributed by atoms with E-state index >= 15 is 0 Å². The molecule has 2 heterocycles. The van der Waals surface area contributed by atoms with Crippen LogP contribution in [0.4, 0.5) is 0 Å². The van der Waals surface area contributed by atoms with Gasteiger partial charge in [-0.05, 0) is 49.7 Å². The quantitative estimate of drug-likeness (QED) is 0.848. The van der Waals surface area contributed by atoms with Gasteiger partial charge in [0.2, 0.25) is 5.91 Å². The molecule has 5 heteroatoms. The zero-order chi connectivity index (χ0) is 15.5. The molecule has 0 bridgehead atoms. The molecule has 2 amide bonds. The lowest BCUT2D eigenvalue weighted by atomic mass is 9.90. The molecule has 0 radical (unpaired) electrons. The molecule has 1 aromatic heterocycles. The van der Waals surface area contributed by atoms with Crippen LogP contribution in [0.3, 0.4) is 0 Å². The zero-order valence-corrected chi connectivity index (χ0v) is 14.0. The number of hydrogen-bond donors (Lipinski definition) is 1. The molecule has 4 nitrogen and oxygen atoms in total. The number of nitrogens with zero attached hydrogens (tertiary/aromatic N) is 1. The molecule has 1 atom stereocenters. The number of carbonyl (C=O) groups is 2. The Labute approximate surface area is 135 Å². The highest BCUT2D eigenvalue weighted by Crippen LogP contribution is 2.32. The Balaban J connectivity index is 1.45. The first-order valence-electron chi connectivity index (χ1n) is 8.31. The molecular formula is C17H24N2O2S. The van der Waals surface area contributed by atoms with Gasteiger partial charge in [0.25, 0.3) is 5.91 Å². The van der Waals surface area contributed by atoms with E-state index < -0.39 is 0 Å². The van der Waals surface area contributed by atoms with Crippen molar-refractivity contribution in [2.75, 3.05) is 19.6 Å². The molecule has 120 valence electrons. The summed E-state index contributed by atoms with van der Waals surface area (Å²) in [6.07, 6.45) is 5.95. The molecule has 0 spiro atoms. The van der Waals surface area contributed by atoms with Crippen molar-refractivity contribution in [1.29, 1.82) is 0 Å². The zero-order valence-electron chi connectivity index (χ0n) is 13.2. The van der Waals surface area contributed by atoms with E-state index in [1.165, 1.54) is 16.9 Å². The Morgan fingerprint density at radius 2 is 2.32 bits per heavy atom. The van der Waals surface area contributed by atoms with Gasteiger partial charge in [-0.25, -0.2) is 0 Å². The largest absolute Gasteiger partial charge is 0.351 e. The second kappa shape index (κ2) is 6.82. The SMILES string of the molecule is CC1CCc2sc(C(=O)NCCCN3CCCC3=O)cc2C1. The van der Waals surface area contributed by atoms with Crippen LogP contribution in [0.5, 0.6) is 0 Å². The molecule has 0 saturated carbocycles. The number of aryl methyl sites for hydroxylation is 1. The summed E-state index contributed by atoms with van der Waals surface area (Å²) in [5.74, 6) is 1.03. The first-order chi connectivity index (χ1) is 10.6.